The first kappa shape index (κ1) is 19.7. The van der Waals surface area contributed by atoms with Crippen LogP contribution < -0.4 is 5.32 Å². The minimum absolute atomic E-state index is 0.180. The molecule has 22 heavy (non-hydrogen) atoms. The number of hydrogen-bond acceptors (Lipinski definition) is 5. The molecule has 2 amide bonds. The maximum atomic E-state index is 11.8. The number of nitrogens with zero attached hydrogens (tertiary/aromatic N) is 1. The first-order chi connectivity index (χ1) is 9.96. The zero-order chi connectivity index (χ0) is 17.5. The highest BCUT2D eigenvalue weighted by Crippen LogP contribution is 2.09. The van der Waals surface area contributed by atoms with Crippen LogP contribution >= 0.6 is 0 Å². The number of amides is 2. The van der Waals surface area contributed by atoms with E-state index in [2.05, 4.69) is 5.32 Å². The Kier molecular flexibility index (Phi) is 7.34. The van der Waals surface area contributed by atoms with E-state index in [0.29, 0.717) is 0 Å². The van der Waals surface area contributed by atoms with Gasteiger partial charge in [-0.05, 0) is 27.7 Å². The van der Waals surface area contributed by atoms with Gasteiger partial charge in [-0.2, -0.15) is 0 Å². The smallest absolute Gasteiger partial charge is 0.410 e. The predicted molar refractivity (Wildman–Crippen MR) is 75.3 cm³/mol. The predicted octanol–water partition coefficient (Wildman–Crippen LogP) is 0.288. The molecule has 0 radical (unpaired) electrons. The van der Waals surface area contributed by atoms with Crippen LogP contribution in [0.15, 0.2) is 0 Å². The van der Waals surface area contributed by atoms with Crippen LogP contribution in [-0.2, 0) is 19.1 Å². The van der Waals surface area contributed by atoms with Crippen molar-refractivity contribution >= 4 is 23.9 Å². The minimum atomic E-state index is -1.55. The third-order valence-corrected chi connectivity index (χ3v) is 2.38. The molecule has 1 atom stereocenters. The highest BCUT2D eigenvalue weighted by Gasteiger charge is 2.26. The molecule has 0 aliphatic carbocycles. The molecular formula is C13H22N2O7. The maximum Gasteiger partial charge on any atom is 0.410 e. The number of carboxylic acids is 2. The van der Waals surface area contributed by atoms with Crippen LogP contribution in [0.2, 0.25) is 0 Å². The first-order valence-corrected chi connectivity index (χ1v) is 6.68. The summed E-state index contributed by atoms with van der Waals surface area (Å²) in [6.07, 6.45) is -1.46. The Morgan fingerprint density at radius 2 is 1.73 bits per heavy atom. The number of carbonyl (C=O) groups excluding carboxylic acids is 2. The van der Waals surface area contributed by atoms with Gasteiger partial charge in [0.1, 0.15) is 18.2 Å². The van der Waals surface area contributed by atoms with E-state index >= 15 is 0 Å². The van der Waals surface area contributed by atoms with Gasteiger partial charge in [0.15, 0.2) is 0 Å². The van der Waals surface area contributed by atoms with E-state index in [4.69, 9.17) is 14.9 Å². The van der Waals surface area contributed by atoms with Crippen molar-refractivity contribution in [1.82, 2.24) is 10.2 Å². The summed E-state index contributed by atoms with van der Waals surface area (Å²) in [6, 6.07) is -1.55. The van der Waals surface area contributed by atoms with Crippen molar-refractivity contribution in [3.8, 4) is 0 Å². The van der Waals surface area contributed by atoms with Gasteiger partial charge in [0.25, 0.3) is 0 Å². The number of aliphatic carboxylic acids is 2. The van der Waals surface area contributed by atoms with Gasteiger partial charge in [-0.15, -0.1) is 0 Å². The second kappa shape index (κ2) is 8.20. The molecule has 0 unspecified atom stereocenters. The summed E-state index contributed by atoms with van der Waals surface area (Å²) in [5.74, 6) is -3.59. The second-order valence-corrected chi connectivity index (χ2v) is 5.55. The number of rotatable bonds is 7. The number of carboxylic acid groups (broad SMARTS) is 2. The molecule has 0 spiro atoms. The monoisotopic (exact) mass is 318 g/mol. The lowest BCUT2D eigenvalue weighted by molar-refractivity contribution is -0.147. The van der Waals surface area contributed by atoms with Gasteiger partial charge in [-0.25, -0.2) is 9.59 Å². The van der Waals surface area contributed by atoms with E-state index < -0.39 is 48.5 Å². The zero-order valence-corrected chi connectivity index (χ0v) is 13.1. The number of ether oxygens (including phenoxy) is 1. The van der Waals surface area contributed by atoms with E-state index in [0.717, 1.165) is 4.90 Å². The lowest BCUT2D eigenvalue weighted by Gasteiger charge is -2.26. The van der Waals surface area contributed by atoms with Gasteiger partial charge in [-0.3, -0.25) is 14.5 Å². The summed E-state index contributed by atoms with van der Waals surface area (Å²) < 4.78 is 5.11. The van der Waals surface area contributed by atoms with Crippen molar-refractivity contribution in [3.63, 3.8) is 0 Å². The lowest BCUT2D eigenvalue weighted by atomic mass is 10.2. The Labute approximate surface area is 128 Å². The molecule has 0 heterocycles. The molecule has 3 N–H and O–H groups in total. The van der Waals surface area contributed by atoms with Crippen LogP contribution in [0.4, 0.5) is 4.79 Å². The second-order valence-electron chi connectivity index (χ2n) is 5.55. The summed E-state index contributed by atoms with van der Waals surface area (Å²) in [7, 11) is 0. The first-order valence-electron chi connectivity index (χ1n) is 6.68. The fourth-order valence-electron chi connectivity index (χ4n) is 1.42. The third kappa shape index (κ3) is 8.08. The van der Waals surface area contributed by atoms with Gasteiger partial charge in [0, 0.05) is 6.54 Å². The molecule has 126 valence electrons. The average molecular weight is 318 g/mol. The van der Waals surface area contributed by atoms with E-state index in [1.165, 1.54) is 0 Å². The summed E-state index contributed by atoms with van der Waals surface area (Å²) in [5.41, 5.74) is -0.728. The van der Waals surface area contributed by atoms with Crippen molar-refractivity contribution in [2.75, 3.05) is 13.1 Å². The standard InChI is InChI=1S/C13H22N2O7/c1-5-15(12(21)22-13(2,3)4)7-9(16)14-8(11(19)20)6-10(17)18/h8H,5-7H2,1-4H3,(H,14,16)(H,17,18)(H,19,20)/t8-/m0/s1. The van der Waals surface area contributed by atoms with Crippen molar-refractivity contribution in [2.24, 2.45) is 0 Å². The maximum absolute atomic E-state index is 11.8. The van der Waals surface area contributed by atoms with Crippen LogP contribution in [0.1, 0.15) is 34.1 Å². The quantitative estimate of drug-likeness (QED) is 0.614. The largest absolute Gasteiger partial charge is 0.481 e. The van der Waals surface area contributed by atoms with Crippen LogP contribution in [0.3, 0.4) is 0 Å². The SMILES string of the molecule is CCN(CC(=O)N[C@@H](CC(=O)O)C(=O)O)C(=O)OC(C)(C)C. The topological polar surface area (TPSA) is 133 Å². The number of likely N-dealkylation sites (N-methyl/N-ethyl adjacent to an activating group) is 1. The van der Waals surface area contributed by atoms with E-state index in [-0.39, 0.29) is 6.54 Å². The molecule has 0 fully saturated rings. The molecule has 0 aromatic heterocycles. The van der Waals surface area contributed by atoms with Gasteiger partial charge in [-0.1, -0.05) is 0 Å². The lowest BCUT2D eigenvalue weighted by Crippen LogP contribution is -2.48. The molecule has 0 saturated carbocycles. The highest BCUT2D eigenvalue weighted by molar-refractivity contribution is 5.88. The molecule has 0 aliphatic heterocycles. The van der Waals surface area contributed by atoms with Gasteiger partial charge in [0.05, 0.1) is 6.42 Å². The van der Waals surface area contributed by atoms with Gasteiger partial charge in [0.2, 0.25) is 5.91 Å². The molecular weight excluding hydrogens is 296 g/mol. The number of hydrogen-bond donors (Lipinski definition) is 3. The minimum Gasteiger partial charge on any atom is -0.481 e. The summed E-state index contributed by atoms with van der Waals surface area (Å²) >= 11 is 0. The normalized spacial score (nSPS) is 12.2. The van der Waals surface area contributed by atoms with Gasteiger partial charge >= 0.3 is 18.0 Å². The Balaban J connectivity index is 4.68. The van der Waals surface area contributed by atoms with Crippen LogP contribution in [0, 0.1) is 0 Å². The van der Waals surface area contributed by atoms with Crippen molar-refractivity contribution in [2.45, 2.75) is 45.8 Å². The average Bonchev–Trinajstić information content (AvgIpc) is 2.32. The fourth-order valence-corrected chi connectivity index (χ4v) is 1.42. The summed E-state index contributed by atoms with van der Waals surface area (Å²) in [5, 5.41) is 19.5. The Bertz CT molecular complexity index is 442. The van der Waals surface area contributed by atoms with Crippen LogP contribution in [0.5, 0.6) is 0 Å². The van der Waals surface area contributed by atoms with Crippen LogP contribution in [0.25, 0.3) is 0 Å². The number of carbonyl (C=O) groups is 4. The third-order valence-electron chi connectivity index (χ3n) is 2.38. The van der Waals surface area contributed by atoms with Gasteiger partial charge < -0.3 is 20.3 Å². The summed E-state index contributed by atoms with van der Waals surface area (Å²) in [6.45, 7) is 6.40. The van der Waals surface area contributed by atoms with E-state index in [9.17, 15) is 19.2 Å². The van der Waals surface area contributed by atoms with Crippen molar-refractivity contribution in [3.05, 3.63) is 0 Å². The molecule has 0 aliphatic rings. The zero-order valence-electron chi connectivity index (χ0n) is 13.1. The van der Waals surface area contributed by atoms with Crippen molar-refractivity contribution < 1.29 is 34.1 Å². The Morgan fingerprint density at radius 1 is 1.18 bits per heavy atom. The molecule has 0 rings (SSSR count). The molecule has 9 heteroatoms. The Morgan fingerprint density at radius 3 is 2.09 bits per heavy atom. The summed E-state index contributed by atoms with van der Waals surface area (Å²) in [4.78, 5) is 46.1. The molecule has 0 bridgehead atoms. The van der Waals surface area contributed by atoms with E-state index in [1.807, 2.05) is 0 Å². The van der Waals surface area contributed by atoms with Crippen LogP contribution in [-0.4, -0.2) is 63.8 Å². The molecule has 9 nitrogen and oxygen atoms in total. The molecule has 0 saturated heterocycles. The van der Waals surface area contributed by atoms with Crippen molar-refractivity contribution in [1.29, 1.82) is 0 Å². The Hall–Kier alpha value is -2.32. The fraction of sp³-hybridized carbons (Fsp3) is 0.692. The highest BCUT2D eigenvalue weighted by atomic mass is 16.6. The number of nitrogens with one attached hydrogen (secondary N) is 1. The molecule has 0 aromatic rings. The van der Waals surface area contributed by atoms with E-state index in [1.54, 1.807) is 27.7 Å². The molecule has 0 aromatic carbocycles.